The number of halogens is 1. The number of rotatable bonds is 0. The molecule has 74 valence electrons. The highest BCUT2D eigenvalue weighted by Gasteiger charge is 2.10. The standard InChI is InChI=1S/C9H9ClN2OS/c10-6-1-2-8-7(5-6)11-9(12-13)3-4-14-8/h1-2,5,13H,3-4H2,(H,11,12). The van der Waals surface area contributed by atoms with Crippen molar-refractivity contribution in [2.24, 2.45) is 4.99 Å². The first kappa shape index (κ1) is 9.83. The fraction of sp³-hybridized carbons (Fsp3) is 0.222. The summed E-state index contributed by atoms with van der Waals surface area (Å²) in [5, 5.41) is 9.45. The Morgan fingerprint density at radius 1 is 1.50 bits per heavy atom. The van der Waals surface area contributed by atoms with Crippen LogP contribution in [0.2, 0.25) is 5.02 Å². The van der Waals surface area contributed by atoms with Crippen LogP contribution in [-0.2, 0) is 0 Å². The second-order valence-electron chi connectivity index (χ2n) is 2.88. The number of amidine groups is 1. The van der Waals surface area contributed by atoms with Crippen LogP contribution in [0.4, 0.5) is 5.69 Å². The number of aliphatic imine (C=N–C) groups is 1. The molecule has 0 atom stereocenters. The van der Waals surface area contributed by atoms with E-state index in [1.54, 1.807) is 17.8 Å². The molecule has 0 radical (unpaired) electrons. The zero-order valence-corrected chi connectivity index (χ0v) is 8.90. The molecule has 0 amide bonds. The van der Waals surface area contributed by atoms with Gasteiger partial charge in [0, 0.05) is 22.1 Å². The minimum absolute atomic E-state index is 0.582. The molecule has 1 heterocycles. The summed E-state index contributed by atoms with van der Waals surface area (Å²) >= 11 is 7.57. The summed E-state index contributed by atoms with van der Waals surface area (Å²) in [7, 11) is 0. The molecule has 1 aliphatic heterocycles. The summed E-state index contributed by atoms with van der Waals surface area (Å²) in [6, 6.07) is 5.60. The summed E-state index contributed by atoms with van der Waals surface area (Å²) in [4.78, 5) is 5.37. The van der Waals surface area contributed by atoms with Gasteiger partial charge in [-0.05, 0) is 18.2 Å². The van der Waals surface area contributed by atoms with Crippen LogP contribution in [0, 0.1) is 0 Å². The maximum absolute atomic E-state index is 8.79. The van der Waals surface area contributed by atoms with E-state index in [1.165, 1.54) is 0 Å². The number of benzene rings is 1. The Labute approximate surface area is 91.1 Å². The molecule has 1 aliphatic rings. The molecule has 0 saturated carbocycles. The first-order chi connectivity index (χ1) is 6.79. The van der Waals surface area contributed by atoms with Crippen LogP contribution < -0.4 is 5.48 Å². The normalized spacial score (nSPS) is 15.4. The zero-order chi connectivity index (χ0) is 9.97. The summed E-state index contributed by atoms with van der Waals surface area (Å²) in [5.74, 6) is 1.49. The Morgan fingerprint density at radius 3 is 3.14 bits per heavy atom. The van der Waals surface area contributed by atoms with E-state index in [2.05, 4.69) is 10.5 Å². The Hall–Kier alpha value is -0.710. The molecular weight excluding hydrogens is 220 g/mol. The lowest BCUT2D eigenvalue weighted by Crippen LogP contribution is -2.18. The first-order valence-electron chi connectivity index (χ1n) is 4.19. The Morgan fingerprint density at radius 2 is 2.36 bits per heavy atom. The molecule has 0 bridgehead atoms. The van der Waals surface area contributed by atoms with Gasteiger partial charge in [0.1, 0.15) is 5.84 Å². The van der Waals surface area contributed by atoms with Crippen LogP contribution in [0.25, 0.3) is 0 Å². The molecule has 3 nitrogen and oxygen atoms in total. The quantitative estimate of drug-likeness (QED) is 0.672. The molecule has 0 saturated heterocycles. The van der Waals surface area contributed by atoms with Gasteiger partial charge in [0.15, 0.2) is 0 Å². The largest absolute Gasteiger partial charge is 0.290 e. The van der Waals surface area contributed by atoms with Crippen molar-refractivity contribution >= 4 is 34.9 Å². The molecule has 2 N–H and O–H groups in total. The lowest BCUT2D eigenvalue weighted by atomic mass is 10.3. The molecule has 5 heteroatoms. The average Bonchev–Trinajstić information content (AvgIpc) is 2.38. The van der Waals surface area contributed by atoms with Crippen LogP contribution >= 0.6 is 23.4 Å². The van der Waals surface area contributed by atoms with Gasteiger partial charge in [-0.3, -0.25) is 10.7 Å². The third kappa shape index (κ3) is 2.03. The van der Waals surface area contributed by atoms with E-state index in [0.717, 1.165) is 22.8 Å². The highest BCUT2D eigenvalue weighted by molar-refractivity contribution is 7.99. The molecule has 0 spiro atoms. The number of hydrogen-bond donors (Lipinski definition) is 2. The molecule has 2 rings (SSSR count). The number of fused-ring (bicyclic) bond motifs is 1. The third-order valence-corrected chi connectivity index (χ3v) is 3.20. The van der Waals surface area contributed by atoms with Crippen LogP contribution in [0.3, 0.4) is 0 Å². The van der Waals surface area contributed by atoms with Gasteiger partial charge in [-0.1, -0.05) is 11.6 Å². The summed E-state index contributed by atoms with van der Waals surface area (Å²) in [6.07, 6.45) is 0.730. The van der Waals surface area contributed by atoms with E-state index in [9.17, 15) is 0 Å². The van der Waals surface area contributed by atoms with E-state index in [1.807, 2.05) is 12.1 Å². The topological polar surface area (TPSA) is 44.6 Å². The smallest absolute Gasteiger partial charge is 0.127 e. The van der Waals surface area contributed by atoms with Gasteiger partial charge in [0.05, 0.1) is 5.69 Å². The van der Waals surface area contributed by atoms with Gasteiger partial charge < -0.3 is 0 Å². The molecule has 14 heavy (non-hydrogen) atoms. The molecule has 0 unspecified atom stereocenters. The van der Waals surface area contributed by atoms with Gasteiger partial charge in [0.2, 0.25) is 0 Å². The minimum Gasteiger partial charge on any atom is -0.290 e. The Kier molecular flexibility index (Phi) is 2.96. The summed E-state index contributed by atoms with van der Waals surface area (Å²) < 4.78 is 0. The van der Waals surface area contributed by atoms with Gasteiger partial charge in [-0.2, -0.15) is 0 Å². The van der Waals surface area contributed by atoms with E-state index in [0.29, 0.717) is 10.9 Å². The Bertz CT molecular complexity index is 381. The first-order valence-corrected chi connectivity index (χ1v) is 5.56. The monoisotopic (exact) mass is 228 g/mol. The van der Waals surface area contributed by atoms with E-state index < -0.39 is 0 Å². The minimum atomic E-state index is 0.582. The van der Waals surface area contributed by atoms with Gasteiger partial charge in [0.25, 0.3) is 0 Å². The van der Waals surface area contributed by atoms with Crippen molar-refractivity contribution < 1.29 is 5.21 Å². The SMILES string of the molecule is ONC1=Nc2cc(Cl)ccc2SCC1. The van der Waals surface area contributed by atoms with Crippen LogP contribution in [0.5, 0.6) is 0 Å². The van der Waals surface area contributed by atoms with Crippen molar-refractivity contribution in [1.29, 1.82) is 0 Å². The lowest BCUT2D eigenvalue weighted by Gasteiger charge is -2.01. The molecule has 0 aromatic heterocycles. The van der Waals surface area contributed by atoms with Gasteiger partial charge in [-0.15, -0.1) is 11.8 Å². The highest BCUT2D eigenvalue weighted by atomic mass is 35.5. The fourth-order valence-electron chi connectivity index (χ4n) is 1.24. The van der Waals surface area contributed by atoms with Crippen LogP contribution in [0.15, 0.2) is 28.1 Å². The van der Waals surface area contributed by atoms with Crippen molar-refractivity contribution in [2.75, 3.05) is 5.75 Å². The summed E-state index contributed by atoms with van der Waals surface area (Å²) in [6.45, 7) is 0. The number of hydrogen-bond acceptors (Lipinski definition) is 4. The van der Waals surface area contributed by atoms with E-state index in [4.69, 9.17) is 16.8 Å². The predicted octanol–water partition coefficient (Wildman–Crippen LogP) is 2.84. The maximum atomic E-state index is 8.79. The fourth-order valence-corrected chi connectivity index (χ4v) is 2.34. The van der Waals surface area contributed by atoms with E-state index in [-0.39, 0.29) is 0 Å². The molecule has 1 aromatic rings. The molecule has 0 aliphatic carbocycles. The molecular formula is C9H9ClN2OS. The van der Waals surface area contributed by atoms with E-state index >= 15 is 0 Å². The highest BCUT2D eigenvalue weighted by Crippen LogP contribution is 2.34. The molecule has 1 aromatic carbocycles. The van der Waals surface area contributed by atoms with Crippen molar-refractivity contribution in [3.8, 4) is 0 Å². The molecule has 0 fully saturated rings. The van der Waals surface area contributed by atoms with Crippen molar-refractivity contribution in [3.05, 3.63) is 23.2 Å². The van der Waals surface area contributed by atoms with Gasteiger partial charge >= 0.3 is 0 Å². The predicted molar refractivity (Wildman–Crippen MR) is 58.8 cm³/mol. The van der Waals surface area contributed by atoms with Crippen molar-refractivity contribution in [3.63, 3.8) is 0 Å². The van der Waals surface area contributed by atoms with Gasteiger partial charge in [-0.25, -0.2) is 4.99 Å². The number of nitrogens with one attached hydrogen (secondary N) is 1. The lowest BCUT2D eigenvalue weighted by molar-refractivity contribution is 0.232. The van der Waals surface area contributed by atoms with Crippen molar-refractivity contribution in [1.82, 2.24) is 5.48 Å². The average molecular weight is 229 g/mol. The van der Waals surface area contributed by atoms with Crippen molar-refractivity contribution in [2.45, 2.75) is 11.3 Å². The zero-order valence-electron chi connectivity index (χ0n) is 7.33. The second-order valence-corrected chi connectivity index (χ2v) is 4.45. The summed E-state index contributed by atoms with van der Waals surface area (Å²) in [5.41, 5.74) is 2.91. The van der Waals surface area contributed by atoms with Crippen LogP contribution in [0.1, 0.15) is 6.42 Å². The van der Waals surface area contributed by atoms with Crippen LogP contribution in [-0.4, -0.2) is 16.8 Å². The maximum Gasteiger partial charge on any atom is 0.127 e. The second kappa shape index (κ2) is 4.21. The number of thioether (sulfide) groups is 1. The third-order valence-electron chi connectivity index (χ3n) is 1.90. The number of hydroxylamine groups is 1. The number of nitrogens with zero attached hydrogens (tertiary/aromatic N) is 1. The Balaban J connectivity index is 2.44.